The van der Waals surface area contributed by atoms with Crippen LogP contribution in [0, 0.1) is 21.4 Å². The van der Waals surface area contributed by atoms with Crippen molar-refractivity contribution in [2.24, 2.45) is 11.3 Å². The largest absolute Gasteiger partial charge is 0.423 e. The molecule has 2 aromatic rings. The summed E-state index contributed by atoms with van der Waals surface area (Å²) in [7, 11) is 0. The molecule has 20 heavy (non-hydrogen) atoms. The molecule has 1 N–H and O–H groups in total. The van der Waals surface area contributed by atoms with Crippen LogP contribution in [0.2, 0.25) is 0 Å². The predicted octanol–water partition coefficient (Wildman–Crippen LogP) is 3.83. The molecule has 1 aromatic carbocycles. The van der Waals surface area contributed by atoms with Crippen LogP contribution in [0.5, 0.6) is 0 Å². The molecule has 0 aliphatic heterocycles. The zero-order chi connectivity index (χ0) is 14.9. The van der Waals surface area contributed by atoms with Gasteiger partial charge in [0.25, 0.3) is 11.7 Å². The van der Waals surface area contributed by atoms with Crippen LogP contribution in [0.4, 0.5) is 11.7 Å². The number of nitrogens with one attached hydrogen (secondary N) is 1. The maximum absolute atomic E-state index is 10.7. The van der Waals surface area contributed by atoms with Gasteiger partial charge in [0.05, 0.1) is 11.0 Å². The first-order valence-electron chi connectivity index (χ1n) is 6.56. The third kappa shape index (κ3) is 3.07. The molecule has 2 rings (SSSR count). The van der Waals surface area contributed by atoms with E-state index in [1.165, 1.54) is 12.1 Å². The summed E-state index contributed by atoms with van der Waals surface area (Å²) < 4.78 is 5.50. The van der Waals surface area contributed by atoms with Crippen molar-refractivity contribution in [1.82, 2.24) is 4.98 Å². The number of nitro benzene ring substituents is 1. The van der Waals surface area contributed by atoms with E-state index < -0.39 is 4.92 Å². The van der Waals surface area contributed by atoms with E-state index >= 15 is 0 Å². The van der Waals surface area contributed by atoms with Crippen molar-refractivity contribution in [3.63, 3.8) is 0 Å². The summed E-state index contributed by atoms with van der Waals surface area (Å²) in [5.41, 5.74) is 1.23. The fourth-order valence-corrected chi connectivity index (χ4v) is 1.65. The van der Waals surface area contributed by atoms with Crippen LogP contribution >= 0.6 is 0 Å². The number of benzene rings is 1. The Morgan fingerprint density at radius 3 is 2.75 bits per heavy atom. The Labute approximate surface area is 117 Å². The van der Waals surface area contributed by atoms with Crippen molar-refractivity contribution >= 4 is 22.8 Å². The lowest BCUT2D eigenvalue weighted by atomic mass is 9.82. The Morgan fingerprint density at radius 1 is 1.45 bits per heavy atom. The summed E-state index contributed by atoms with van der Waals surface area (Å²) in [6.07, 6.45) is 0. The van der Waals surface area contributed by atoms with Gasteiger partial charge in [-0.2, -0.15) is 4.98 Å². The molecule has 0 bridgehead atoms. The van der Waals surface area contributed by atoms with Gasteiger partial charge in [0, 0.05) is 12.6 Å². The Kier molecular flexibility index (Phi) is 3.65. The molecule has 108 valence electrons. The summed E-state index contributed by atoms with van der Waals surface area (Å²) in [4.78, 5) is 14.5. The molecule has 0 aliphatic rings. The van der Waals surface area contributed by atoms with E-state index in [1.54, 1.807) is 6.07 Å². The number of hydrogen-bond acceptors (Lipinski definition) is 5. The second-order valence-corrected chi connectivity index (χ2v) is 6.08. The fourth-order valence-electron chi connectivity index (χ4n) is 1.65. The van der Waals surface area contributed by atoms with E-state index in [-0.39, 0.29) is 11.1 Å². The topological polar surface area (TPSA) is 81.2 Å². The first-order valence-corrected chi connectivity index (χ1v) is 6.56. The molecular formula is C14H19N3O3. The van der Waals surface area contributed by atoms with Gasteiger partial charge in [-0.05, 0) is 17.4 Å². The van der Waals surface area contributed by atoms with E-state index in [9.17, 15) is 10.1 Å². The number of rotatable bonds is 4. The Hall–Kier alpha value is -2.11. The molecule has 1 atom stereocenters. The monoisotopic (exact) mass is 277 g/mol. The quantitative estimate of drug-likeness (QED) is 0.678. The zero-order valence-electron chi connectivity index (χ0n) is 12.1. The second kappa shape index (κ2) is 5.11. The van der Waals surface area contributed by atoms with Crippen molar-refractivity contribution in [1.29, 1.82) is 0 Å². The van der Waals surface area contributed by atoms with Gasteiger partial charge < -0.3 is 9.73 Å². The highest BCUT2D eigenvalue weighted by Crippen LogP contribution is 2.27. The van der Waals surface area contributed by atoms with Crippen LogP contribution in [-0.4, -0.2) is 16.5 Å². The van der Waals surface area contributed by atoms with Crippen LogP contribution in [0.15, 0.2) is 22.6 Å². The molecule has 0 aliphatic carbocycles. The summed E-state index contributed by atoms with van der Waals surface area (Å²) in [5.74, 6) is 0.437. The van der Waals surface area contributed by atoms with Crippen molar-refractivity contribution in [2.45, 2.75) is 27.7 Å². The first-order chi connectivity index (χ1) is 9.27. The van der Waals surface area contributed by atoms with E-state index in [2.05, 4.69) is 38.0 Å². The van der Waals surface area contributed by atoms with Gasteiger partial charge in [0.2, 0.25) is 0 Å². The third-order valence-electron chi connectivity index (χ3n) is 3.62. The summed E-state index contributed by atoms with van der Waals surface area (Å²) in [6.45, 7) is 9.41. The number of hydrogen-bond donors (Lipinski definition) is 1. The van der Waals surface area contributed by atoms with Gasteiger partial charge in [-0.1, -0.05) is 27.7 Å². The number of oxazole rings is 1. The number of fused-ring (bicyclic) bond motifs is 1. The van der Waals surface area contributed by atoms with E-state index in [4.69, 9.17) is 4.42 Å². The molecule has 0 saturated carbocycles. The minimum atomic E-state index is -0.448. The Balaban J connectivity index is 2.14. The van der Waals surface area contributed by atoms with Crippen molar-refractivity contribution in [2.75, 3.05) is 11.9 Å². The normalized spacial score (nSPS) is 13.4. The van der Waals surface area contributed by atoms with Gasteiger partial charge in [-0.25, -0.2) is 0 Å². The molecule has 0 amide bonds. The van der Waals surface area contributed by atoms with Gasteiger partial charge in [-0.15, -0.1) is 0 Å². The number of non-ortho nitro benzene ring substituents is 1. The first kappa shape index (κ1) is 14.3. The highest BCUT2D eigenvalue weighted by Gasteiger charge is 2.20. The van der Waals surface area contributed by atoms with E-state index in [0.29, 0.717) is 23.0 Å². The van der Waals surface area contributed by atoms with Crippen molar-refractivity contribution in [3.8, 4) is 0 Å². The predicted molar refractivity (Wildman–Crippen MR) is 77.8 cm³/mol. The number of aromatic nitrogens is 1. The van der Waals surface area contributed by atoms with Gasteiger partial charge >= 0.3 is 0 Å². The highest BCUT2D eigenvalue weighted by molar-refractivity contribution is 5.77. The molecule has 1 aromatic heterocycles. The molecule has 6 heteroatoms. The summed E-state index contributed by atoms with van der Waals surface area (Å²) >= 11 is 0. The maximum Gasteiger partial charge on any atom is 0.295 e. The average Bonchev–Trinajstić information content (AvgIpc) is 2.76. The molecular weight excluding hydrogens is 258 g/mol. The van der Waals surface area contributed by atoms with Gasteiger partial charge in [-0.3, -0.25) is 10.1 Å². The van der Waals surface area contributed by atoms with Gasteiger partial charge in [0.1, 0.15) is 5.52 Å². The zero-order valence-corrected chi connectivity index (χ0v) is 12.1. The van der Waals surface area contributed by atoms with Crippen LogP contribution in [0.1, 0.15) is 27.7 Å². The average molecular weight is 277 g/mol. The number of nitrogens with zero attached hydrogens (tertiary/aromatic N) is 2. The van der Waals surface area contributed by atoms with E-state index in [1.807, 2.05) is 0 Å². The van der Waals surface area contributed by atoms with Crippen molar-refractivity contribution < 1.29 is 9.34 Å². The van der Waals surface area contributed by atoms with Crippen LogP contribution in [-0.2, 0) is 0 Å². The maximum atomic E-state index is 10.7. The lowest BCUT2D eigenvalue weighted by molar-refractivity contribution is -0.384. The lowest BCUT2D eigenvalue weighted by Crippen LogP contribution is -2.24. The third-order valence-corrected chi connectivity index (χ3v) is 3.62. The molecule has 0 radical (unpaired) electrons. The molecule has 0 spiro atoms. The number of nitro groups is 1. The van der Waals surface area contributed by atoms with Crippen molar-refractivity contribution in [3.05, 3.63) is 28.3 Å². The molecule has 6 nitrogen and oxygen atoms in total. The molecule has 0 fully saturated rings. The summed E-state index contributed by atoms with van der Waals surface area (Å²) in [5, 5.41) is 13.8. The van der Waals surface area contributed by atoms with E-state index in [0.717, 1.165) is 6.54 Å². The SMILES string of the molecule is CC(CNc1nc2ccc([N+](=O)[O-])cc2o1)C(C)(C)C. The standard InChI is InChI=1S/C14H19N3O3/c1-9(14(2,3)4)8-15-13-16-11-6-5-10(17(18)19)7-12(11)20-13/h5-7,9H,8H2,1-4H3,(H,15,16). The summed E-state index contributed by atoms with van der Waals surface area (Å²) in [6, 6.07) is 4.80. The second-order valence-electron chi connectivity index (χ2n) is 6.08. The van der Waals surface area contributed by atoms with Crippen LogP contribution in [0.3, 0.4) is 0 Å². The minimum absolute atomic E-state index is 0.00302. The Bertz CT molecular complexity index is 628. The smallest absolute Gasteiger partial charge is 0.295 e. The van der Waals surface area contributed by atoms with Crippen LogP contribution in [0.25, 0.3) is 11.1 Å². The fraction of sp³-hybridized carbons (Fsp3) is 0.500. The highest BCUT2D eigenvalue weighted by atomic mass is 16.6. The van der Waals surface area contributed by atoms with Crippen LogP contribution < -0.4 is 5.32 Å². The Morgan fingerprint density at radius 2 is 2.15 bits per heavy atom. The lowest BCUT2D eigenvalue weighted by Gasteiger charge is -2.26. The molecule has 1 unspecified atom stereocenters. The number of anilines is 1. The molecule has 0 saturated heterocycles. The molecule has 1 heterocycles. The minimum Gasteiger partial charge on any atom is -0.423 e. The van der Waals surface area contributed by atoms with Gasteiger partial charge in [0.15, 0.2) is 5.58 Å².